The molecule has 1 aromatic carbocycles. The summed E-state index contributed by atoms with van der Waals surface area (Å²) in [5, 5.41) is 3.31. The van der Waals surface area contributed by atoms with Gasteiger partial charge in [0.25, 0.3) is 0 Å². The Labute approximate surface area is 104 Å². The number of hydrogen-bond donors (Lipinski definition) is 1. The van der Waals surface area contributed by atoms with E-state index in [-0.39, 0.29) is 0 Å². The zero-order chi connectivity index (χ0) is 12.3. The molecule has 0 aliphatic heterocycles. The van der Waals surface area contributed by atoms with Crippen molar-refractivity contribution < 1.29 is 9.47 Å². The summed E-state index contributed by atoms with van der Waals surface area (Å²) in [5.41, 5.74) is 1.21. The number of nitrogens with one attached hydrogen (secondary N) is 1. The van der Waals surface area contributed by atoms with Crippen LogP contribution in [0.15, 0.2) is 24.3 Å². The SMILES string of the molecule is CCNCc1ccccc1OCCCOCC. The van der Waals surface area contributed by atoms with E-state index in [2.05, 4.69) is 18.3 Å². The third-order valence-corrected chi connectivity index (χ3v) is 2.43. The highest BCUT2D eigenvalue weighted by atomic mass is 16.5. The molecule has 0 saturated heterocycles. The fraction of sp³-hybridized carbons (Fsp3) is 0.571. The lowest BCUT2D eigenvalue weighted by Gasteiger charge is -2.11. The van der Waals surface area contributed by atoms with E-state index in [0.29, 0.717) is 6.61 Å². The molecule has 3 heteroatoms. The molecule has 3 nitrogen and oxygen atoms in total. The number of hydrogen-bond acceptors (Lipinski definition) is 3. The van der Waals surface area contributed by atoms with Gasteiger partial charge in [-0.1, -0.05) is 25.1 Å². The van der Waals surface area contributed by atoms with Gasteiger partial charge in [-0.2, -0.15) is 0 Å². The van der Waals surface area contributed by atoms with Crippen LogP contribution in [-0.4, -0.2) is 26.4 Å². The second kappa shape index (κ2) is 9.02. The summed E-state index contributed by atoms with van der Waals surface area (Å²) in [6, 6.07) is 8.17. The van der Waals surface area contributed by atoms with Gasteiger partial charge in [0.15, 0.2) is 0 Å². The minimum absolute atomic E-state index is 0.711. The lowest BCUT2D eigenvalue weighted by Crippen LogP contribution is -2.13. The number of para-hydroxylation sites is 1. The van der Waals surface area contributed by atoms with Crippen LogP contribution in [0.3, 0.4) is 0 Å². The third-order valence-electron chi connectivity index (χ3n) is 2.43. The molecule has 1 rings (SSSR count). The third kappa shape index (κ3) is 5.71. The Morgan fingerprint density at radius 2 is 1.94 bits per heavy atom. The molecule has 0 heterocycles. The molecule has 0 radical (unpaired) electrons. The van der Waals surface area contributed by atoms with E-state index in [0.717, 1.165) is 38.5 Å². The molecule has 0 aliphatic carbocycles. The first-order valence-electron chi connectivity index (χ1n) is 6.37. The Hall–Kier alpha value is -1.06. The molecule has 0 bridgehead atoms. The van der Waals surface area contributed by atoms with Gasteiger partial charge in [0.2, 0.25) is 0 Å². The molecule has 0 spiro atoms. The van der Waals surface area contributed by atoms with Crippen molar-refractivity contribution in [1.29, 1.82) is 0 Å². The van der Waals surface area contributed by atoms with E-state index in [1.807, 2.05) is 25.1 Å². The van der Waals surface area contributed by atoms with Gasteiger partial charge in [-0.05, 0) is 19.5 Å². The second-order valence-corrected chi connectivity index (χ2v) is 3.79. The molecule has 0 atom stereocenters. The molecule has 1 N–H and O–H groups in total. The Morgan fingerprint density at radius 3 is 2.71 bits per heavy atom. The van der Waals surface area contributed by atoms with Crippen molar-refractivity contribution in [2.24, 2.45) is 0 Å². The van der Waals surface area contributed by atoms with Crippen LogP contribution < -0.4 is 10.1 Å². The normalized spacial score (nSPS) is 10.5. The quantitative estimate of drug-likeness (QED) is 0.670. The molecule has 0 aliphatic rings. The van der Waals surface area contributed by atoms with Gasteiger partial charge >= 0.3 is 0 Å². The highest BCUT2D eigenvalue weighted by molar-refractivity contribution is 5.33. The van der Waals surface area contributed by atoms with Gasteiger partial charge in [-0.25, -0.2) is 0 Å². The van der Waals surface area contributed by atoms with Crippen molar-refractivity contribution in [3.8, 4) is 5.75 Å². The maximum atomic E-state index is 5.76. The Morgan fingerprint density at radius 1 is 1.12 bits per heavy atom. The summed E-state index contributed by atoms with van der Waals surface area (Å²) in [6.07, 6.45) is 0.934. The first kappa shape index (κ1) is 14.0. The average Bonchev–Trinajstić information content (AvgIpc) is 2.37. The Balaban J connectivity index is 2.35. The number of rotatable bonds is 9. The molecule has 0 unspecified atom stereocenters. The van der Waals surface area contributed by atoms with E-state index in [4.69, 9.17) is 9.47 Å². The summed E-state index contributed by atoms with van der Waals surface area (Å²) < 4.78 is 11.0. The number of benzene rings is 1. The summed E-state index contributed by atoms with van der Waals surface area (Å²) in [4.78, 5) is 0. The largest absolute Gasteiger partial charge is 0.493 e. The van der Waals surface area contributed by atoms with Crippen molar-refractivity contribution in [1.82, 2.24) is 5.32 Å². The van der Waals surface area contributed by atoms with Crippen molar-refractivity contribution in [2.45, 2.75) is 26.8 Å². The fourth-order valence-electron chi connectivity index (χ4n) is 1.54. The van der Waals surface area contributed by atoms with Crippen LogP contribution in [0.2, 0.25) is 0 Å². The predicted molar refractivity (Wildman–Crippen MR) is 70.4 cm³/mol. The molecular weight excluding hydrogens is 214 g/mol. The van der Waals surface area contributed by atoms with Gasteiger partial charge in [0.05, 0.1) is 6.61 Å². The molecule has 0 amide bonds. The Bertz CT molecular complexity index is 302. The van der Waals surface area contributed by atoms with Crippen LogP contribution in [-0.2, 0) is 11.3 Å². The zero-order valence-corrected chi connectivity index (χ0v) is 10.9. The van der Waals surface area contributed by atoms with Crippen molar-refractivity contribution in [2.75, 3.05) is 26.4 Å². The van der Waals surface area contributed by atoms with E-state index >= 15 is 0 Å². The molecule has 17 heavy (non-hydrogen) atoms. The van der Waals surface area contributed by atoms with Gasteiger partial charge in [0, 0.05) is 31.7 Å². The topological polar surface area (TPSA) is 30.5 Å². The fourth-order valence-corrected chi connectivity index (χ4v) is 1.54. The van der Waals surface area contributed by atoms with Crippen LogP contribution in [0, 0.1) is 0 Å². The van der Waals surface area contributed by atoms with Gasteiger partial charge in [0.1, 0.15) is 5.75 Å². The average molecular weight is 237 g/mol. The van der Waals surface area contributed by atoms with E-state index in [9.17, 15) is 0 Å². The monoisotopic (exact) mass is 237 g/mol. The summed E-state index contributed by atoms with van der Waals surface area (Å²) in [7, 11) is 0. The van der Waals surface area contributed by atoms with Gasteiger partial charge in [-0.15, -0.1) is 0 Å². The smallest absolute Gasteiger partial charge is 0.123 e. The standard InChI is InChI=1S/C14H23NO2/c1-3-15-12-13-8-5-6-9-14(13)17-11-7-10-16-4-2/h5-6,8-9,15H,3-4,7,10-12H2,1-2H3. The van der Waals surface area contributed by atoms with E-state index in [1.165, 1.54) is 5.56 Å². The second-order valence-electron chi connectivity index (χ2n) is 3.79. The van der Waals surface area contributed by atoms with Crippen molar-refractivity contribution >= 4 is 0 Å². The molecule has 96 valence electrons. The minimum Gasteiger partial charge on any atom is -0.493 e. The highest BCUT2D eigenvalue weighted by Crippen LogP contribution is 2.17. The van der Waals surface area contributed by atoms with E-state index in [1.54, 1.807) is 0 Å². The molecule has 0 aromatic heterocycles. The van der Waals surface area contributed by atoms with Crippen LogP contribution in [0.4, 0.5) is 0 Å². The number of ether oxygens (including phenoxy) is 2. The summed E-state index contributed by atoms with van der Waals surface area (Å²) >= 11 is 0. The van der Waals surface area contributed by atoms with Gasteiger partial charge in [-0.3, -0.25) is 0 Å². The first-order valence-corrected chi connectivity index (χ1v) is 6.37. The summed E-state index contributed by atoms with van der Waals surface area (Å²) in [6.45, 7) is 8.20. The van der Waals surface area contributed by atoms with Crippen molar-refractivity contribution in [3.05, 3.63) is 29.8 Å². The van der Waals surface area contributed by atoms with E-state index < -0.39 is 0 Å². The summed E-state index contributed by atoms with van der Waals surface area (Å²) in [5.74, 6) is 0.977. The predicted octanol–water partition coefficient (Wildman–Crippen LogP) is 2.60. The Kier molecular flexibility index (Phi) is 7.43. The molecule has 0 saturated carbocycles. The molecule has 1 aromatic rings. The first-order chi connectivity index (χ1) is 8.38. The maximum Gasteiger partial charge on any atom is 0.123 e. The van der Waals surface area contributed by atoms with Crippen LogP contribution in [0.25, 0.3) is 0 Å². The lowest BCUT2D eigenvalue weighted by molar-refractivity contribution is 0.130. The highest BCUT2D eigenvalue weighted by Gasteiger charge is 2.01. The zero-order valence-electron chi connectivity index (χ0n) is 10.9. The minimum atomic E-state index is 0.711. The lowest BCUT2D eigenvalue weighted by atomic mass is 10.2. The van der Waals surface area contributed by atoms with Crippen LogP contribution in [0.5, 0.6) is 5.75 Å². The molecular formula is C14H23NO2. The maximum absolute atomic E-state index is 5.76. The molecule has 0 fully saturated rings. The van der Waals surface area contributed by atoms with Crippen LogP contribution in [0.1, 0.15) is 25.8 Å². The van der Waals surface area contributed by atoms with Crippen LogP contribution >= 0.6 is 0 Å². The van der Waals surface area contributed by atoms with Crippen molar-refractivity contribution in [3.63, 3.8) is 0 Å². The van der Waals surface area contributed by atoms with Gasteiger partial charge < -0.3 is 14.8 Å².